The van der Waals surface area contributed by atoms with E-state index in [-0.39, 0.29) is 12.1 Å². The summed E-state index contributed by atoms with van der Waals surface area (Å²) in [7, 11) is 0. The van der Waals surface area contributed by atoms with Crippen LogP contribution in [0.2, 0.25) is 5.02 Å². The lowest BCUT2D eigenvalue weighted by Crippen LogP contribution is -2.31. The fourth-order valence-electron chi connectivity index (χ4n) is 2.17. The lowest BCUT2D eigenvalue weighted by molar-refractivity contribution is 0.167. The zero-order chi connectivity index (χ0) is 14.5. The van der Waals surface area contributed by atoms with Gasteiger partial charge in [-0.3, -0.25) is 0 Å². The number of aryl methyl sites for hydroxylation is 1. The zero-order valence-corrected chi connectivity index (χ0v) is 12.6. The molecule has 2 rings (SSSR count). The van der Waals surface area contributed by atoms with Crippen molar-refractivity contribution < 1.29 is 4.74 Å². The first kappa shape index (κ1) is 14.9. The van der Waals surface area contributed by atoms with Crippen molar-refractivity contribution in [1.29, 1.82) is 0 Å². The van der Waals surface area contributed by atoms with E-state index in [9.17, 15) is 0 Å². The molecule has 0 spiro atoms. The van der Waals surface area contributed by atoms with Gasteiger partial charge < -0.3 is 10.5 Å². The molecule has 0 aliphatic rings. The van der Waals surface area contributed by atoms with Gasteiger partial charge >= 0.3 is 0 Å². The minimum atomic E-state index is -0.168. The van der Waals surface area contributed by atoms with Crippen LogP contribution in [0.4, 0.5) is 0 Å². The van der Waals surface area contributed by atoms with E-state index in [1.807, 2.05) is 55.5 Å². The summed E-state index contributed by atoms with van der Waals surface area (Å²) in [4.78, 5) is 0. The third-order valence-corrected chi connectivity index (χ3v) is 3.65. The number of benzene rings is 2. The smallest absolute Gasteiger partial charge is 0.138 e. The SMILES string of the molecule is CCC(Oc1ccc(C)cc1Cl)C(N)c1ccccc1. The average molecular weight is 290 g/mol. The molecule has 20 heavy (non-hydrogen) atoms. The first-order valence-corrected chi connectivity index (χ1v) is 7.23. The van der Waals surface area contributed by atoms with Gasteiger partial charge in [0.1, 0.15) is 11.9 Å². The Balaban J connectivity index is 2.16. The molecular formula is C17H20ClNO. The van der Waals surface area contributed by atoms with Crippen LogP contribution in [-0.4, -0.2) is 6.10 Å². The molecule has 0 saturated heterocycles. The van der Waals surface area contributed by atoms with Gasteiger partial charge in [0.25, 0.3) is 0 Å². The number of nitrogens with two attached hydrogens (primary N) is 1. The van der Waals surface area contributed by atoms with Crippen molar-refractivity contribution >= 4 is 11.6 Å². The molecule has 2 nitrogen and oxygen atoms in total. The summed E-state index contributed by atoms with van der Waals surface area (Å²) in [5.74, 6) is 0.690. The summed E-state index contributed by atoms with van der Waals surface area (Å²) >= 11 is 6.22. The lowest BCUT2D eigenvalue weighted by Gasteiger charge is -2.25. The molecule has 0 fully saturated rings. The molecule has 0 aliphatic carbocycles. The minimum Gasteiger partial charge on any atom is -0.487 e. The highest BCUT2D eigenvalue weighted by molar-refractivity contribution is 6.32. The van der Waals surface area contributed by atoms with E-state index in [4.69, 9.17) is 22.1 Å². The predicted octanol–water partition coefficient (Wildman–Crippen LogP) is 4.51. The van der Waals surface area contributed by atoms with E-state index in [2.05, 4.69) is 6.92 Å². The van der Waals surface area contributed by atoms with E-state index in [0.29, 0.717) is 10.8 Å². The standard InChI is InChI=1S/C17H20ClNO/c1-3-15(17(19)13-7-5-4-6-8-13)20-16-10-9-12(2)11-14(16)18/h4-11,15,17H,3,19H2,1-2H3. The zero-order valence-electron chi connectivity index (χ0n) is 11.8. The molecule has 0 bridgehead atoms. The molecule has 106 valence electrons. The topological polar surface area (TPSA) is 35.2 Å². The van der Waals surface area contributed by atoms with Crippen molar-refractivity contribution in [3.05, 3.63) is 64.7 Å². The Morgan fingerprint density at radius 3 is 2.45 bits per heavy atom. The quantitative estimate of drug-likeness (QED) is 0.879. The summed E-state index contributed by atoms with van der Waals surface area (Å²) in [5, 5.41) is 0.628. The van der Waals surface area contributed by atoms with Crippen molar-refractivity contribution in [2.75, 3.05) is 0 Å². The number of ether oxygens (including phenoxy) is 1. The summed E-state index contributed by atoms with van der Waals surface area (Å²) in [6, 6.07) is 15.6. The van der Waals surface area contributed by atoms with Crippen molar-refractivity contribution in [2.24, 2.45) is 5.73 Å². The second-order valence-electron chi connectivity index (χ2n) is 4.93. The maximum absolute atomic E-state index is 6.31. The Morgan fingerprint density at radius 2 is 1.85 bits per heavy atom. The predicted molar refractivity (Wildman–Crippen MR) is 84.3 cm³/mol. The highest BCUT2D eigenvalue weighted by Gasteiger charge is 2.20. The van der Waals surface area contributed by atoms with Gasteiger partial charge in [-0.05, 0) is 36.6 Å². The summed E-state index contributed by atoms with van der Waals surface area (Å²) in [5.41, 5.74) is 8.49. The van der Waals surface area contributed by atoms with Crippen LogP contribution in [0, 0.1) is 6.92 Å². The monoisotopic (exact) mass is 289 g/mol. The first-order valence-electron chi connectivity index (χ1n) is 6.85. The van der Waals surface area contributed by atoms with E-state index in [1.165, 1.54) is 0 Å². The maximum atomic E-state index is 6.31. The van der Waals surface area contributed by atoms with Crippen LogP contribution in [0.5, 0.6) is 5.75 Å². The van der Waals surface area contributed by atoms with Crippen molar-refractivity contribution in [3.8, 4) is 5.75 Å². The average Bonchev–Trinajstić information content (AvgIpc) is 2.47. The van der Waals surface area contributed by atoms with Gasteiger partial charge in [0, 0.05) is 0 Å². The molecule has 2 atom stereocenters. The number of rotatable bonds is 5. The molecule has 2 unspecified atom stereocenters. The second kappa shape index (κ2) is 6.78. The van der Waals surface area contributed by atoms with Gasteiger partial charge in [-0.1, -0.05) is 54.9 Å². The normalized spacial score (nSPS) is 13.8. The molecule has 0 aromatic heterocycles. The maximum Gasteiger partial charge on any atom is 0.138 e. The van der Waals surface area contributed by atoms with Crippen LogP contribution < -0.4 is 10.5 Å². The molecule has 2 aromatic carbocycles. The van der Waals surface area contributed by atoms with Crippen LogP contribution in [0.25, 0.3) is 0 Å². The van der Waals surface area contributed by atoms with Gasteiger partial charge in [0.2, 0.25) is 0 Å². The van der Waals surface area contributed by atoms with E-state index in [0.717, 1.165) is 17.5 Å². The Hall–Kier alpha value is -1.51. The molecule has 0 saturated carbocycles. The van der Waals surface area contributed by atoms with Gasteiger partial charge in [-0.2, -0.15) is 0 Å². The molecular weight excluding hydrogens is 270 g/mol. The van der Waals surface area contributed by atoms with Gasteiger partial charge in [-0.25, -0.2) is 0 Å². The Bertz CT molecular complexity index is 556. The number of hydrogen-bond acceptors (Lipinski definition) is 2. The third-order valence-electron chi connectivity index (χ3n) is 3.35. The fraction of sp³-hybridized carbons (Fsp3) is 0.294. The number of hydrogen-bond donors (Lipinski definition) is 1. The fourth-order valence-corrected chi connectivity index (χ4v) is 2.44. The molecule has 2 N–H and O–H groups in total. The van der Waals surface area contributed by atoms with Crippen LogP contribution in [0.1, 0.15) is 30.5 Å². The van der Waals surface area contributed by atoms with Crippen LogP contribution in [-0.2, 0) is 0 Å². The summed E-state index contributed by atoms with van der Waals surface area (Å²) in [6.07, 6.45) is 0.720. The van der Waals surface area contributed by atoms with E-state index in [1.54, 1.807) is 0 Å². The minimum absolute atomic E-state index is 0.0994. The highest BCUT2D eigenvalue weighted by atomic mass is 35.5. The largest absolute Gasteiger partial charge is 0.487 e. The second-order valence-corrected chi connectivity index (χ2v) is 5.34. The van der Waals surface area contributed by atoms with Gasteiger partial charge in [-0.15, -0.1) is 0 Å². The summed E-state index contributed by atoms with van der Waals surface area (Å²) in [6.45, 7) is 4.07. The van der Waals surface area contributed by atoms with E-state index >= 15 is 0 Å². The summed E-state index contributed by atoms with van der Waals surface area (Å²) < 4.78 is 6.01. The first-order chi connectivity index (χ1) is 9.61. The highest BCUT2D eigenvalue weighted by Crippen LogP contribution is 2.29. The molecule has 0 amide bonds. The molecule has 0 aliphatic heterocycles. The van der Waals surface area contributed by atoms with Crippen LogP contribution in [0.15, 0.2) is 48.5 Å². The Labute approximate surface area is 125 Å². The molecule has 3 heteroatoms. The van der Waals surface area contributed by atoms with Gasteiger partial charge in [0.15, 0.2) is 0 Å². The number of halogens is 1. The van der Waals surface area contributed by atoms with Crippen LogP contribution in [0.3, 0.4) is 0 Å². The Kier molecular flexibility index (Phi) is 5.05. The molecule has 0 radical (unpaired) electrons. The molecule has 2 aromatic rings. The Morgan fingerprint density at radius 1 is 1.15 bits per heavy atom. The van der Waals surface area contributed by atoms with Crippen molar-refractivity contribution in [1.82, 2.24) is 0 Å². The van der Waals surface area contributed by atoms with Gasteiger partial charge in [0.05, 0.1) is 11.1 Å². The van der Waals surface area contributed by atoms with Crippen molar-refractivity contribution in [3.63, 3.8) is 0 Å². The van der Waals surface area contributed by atoms with E-state index < -0.39 is 0 Å². The lowest BCUT2D eigenvalue weighted by atomic mass is 10.0. The van der Waals surface area contributed by atoms with Crippen LogP contribution >= 0.6 is 11.6 Å². The molecule has 0 heterocycles. The third kappa shape index (κ3) is 3.53. The van der Waals surface area contributed by atoms with Crippen molar-refractivity contribution in [2.45, 2.75) is 32.4 Å².